The Labute approximate surface area is 325 Å². The van der Waals surface area contributed by atoms with E-state index in [0.29, 0.717) is 77.4 Å². The molecule has 298 valence electrons. The van der Waals surface area contributed by atoms with Gasteiger partial charge in [-0.15, -0.1) is 0 Å². The third-order valence-electron chi connectivity index (χ3n) is 9.80. The van der Waals surface area contributed by atoms with E-state index in [0.717, 1.165) is 0 Å². The Balaban J connectivity index is 1.08. The molecule has 4 fully saturated rings. The van der Waals surface area contributed by atoms with Crippen molar-refractivity contribution in [3.63, 3.8) is 0 Å². The quantitative estimate of drug-likeness (QED) is 0.133. The van der Waals surface area contributed by atoms with Gasteiger partial charge in [-0.2, -0.15) is 0 Å². The van der Waals surface area contributed by atoms with Crippen LogP contribution in [0.3, 0.4) is 0 Å². The van der Waals surface area contributed by atoms with Crippen molar-refractivity contribution in [2.75, 3.05) is 103 Å². The number of Topliss-reactive ketones (excluding diaryl/α,β-unsaturated/α-hetero) is 1. The third kappa shape index (κ3) is 13.0. The number of amides is 3. The van der Waals surface area contributed by atoms with E-state index in [2.05, 4.69) is 16.0 Å². The maximum absolute atomic E-state index is 13.0. The molecule has 0 saturated carbocycles. The van der Waals surface area contributed by atoms with E-state index in [1.807, 2.05) is 19.6 Å². The molecule has 4 aliphatic heterocycles. The van der Waals surface area contributed by atoms with Gasteiger partial charge < -0.3 is 25.6 Å². The van der Waals surface area contributed by atoms with Crippen molar-refractivity contribution < 1.29 is 54.2 Å². The molecule has 0 spiro atoms. The van der Waals surface area contributed by atoms with Crippen molar-refractivity contribution >= 4 is 71.5 Å². The van der Waals surface area contributed by atoms with Crippen molar-refractivity contribution in [3.8, 4) is 0 Å². The number of ketones is 1. The number of nitrogens with one attached hydrogen (secondary N) is 3. The Bertz CT molecular complexity index is 1540. The maximum atomic E-state index is 13.0. The molecule has 1 aromatic carbocycles. The molecule has 0 aliphatic carbocycles. The van der Waals surface area contributed by atoms with Gasteiger partial charge in [-0.25, -0.2) is 0 Å². The molecule has 2 unspecified atom stereocenters. The summed E-state index contributed by atoms with van der Waals surface area (Å²) in [6.45, 7) is 4.83. The predicted octanol–water partition coefficient (Wildman–Crippen LogP) is -4.23. The molecule has 4 aliphatic rings. The van der Waals surface area contributed by atoms with E-state index in [1.54, 1.807) is 12.1 Å². The number of fused-ring (bicyclic) bond motifs is 7. The normalized spacial score (nSPS) is 24.5. The summed E-state index contributed by atoms with van der Waals surface area (Å²) >= 11 is -3.96. The van der Waals surface area contributed by atoms with Gasteiger partial charge in [0, 0.05) is 17.8 Å². The summed E-state index contributed by atoms with van der Waals surface area (Å²) < 4.78 is 16.1. The van der Waals surface area contributed by atoms with Crippen LogP contribution in [-0.2, 0) is 39.4 Å². The second-order valence-electron chi connectivity index (χ2n) is 14.0. The monoisotopic (exact) mass is 828 g/mol. The van der Waals surface area contributed by atoms with Gasteiger partial charge in [0.1, 0.15) is 6.04 Å². The first-order chi connectivity index (χ1) is 26.3. The van der Waals surface area contributed by atoms with Crippen molar-refractivity contribution in [2.24, 2.45) is 0 Å². The summed E-state index contributed by atoms with van der Waals surface area (Å²) in [7, 11) is -1.65. The van der Waals surface area contributed by atoms with Gasteiger partial charge in [0.25, 0.3) is 5.91 Å². The van der Waals surface area contributed by atoms with Gasteiger partial charge in [-0.05, 0) is 44.0 Å². The summed E-state index contributed by atoms with van der Waals surface area (Å²) in [4.78, 5) is 98.2. The van der Waals surface area contributed by atoms with Crippen LogP contribution in [0, 0.1) is 0 Å². The van der Waals surface area contributed by atoms with Crippen molar-refractivity contribution in [1.82, 2.24) is 35.1 Å². The Morgan fingerprint density at radius 1 is 0.800 bits per heavy atom. The SMILES string of the molecule is C[C@@H](NC(=O)c1ccc(NCC(=O)CNC(=O)CN2CCN3CCN4CCN(CC2)CC(=O)[O][Ga]([O]C(=O)C3)[O]C(=O)C4)cc1)C(=O)N1CCC[C@H]1B(O)O. The minimum Gasteiger partial charge on any atom is -0.426 e. The standard InChI is InChI=1S/C33H51BN8O12.Ga/c1-23(33(52)42-8-2-3-27(42)34(53)54)37-32(51)24-4-6-25(7-5-24)35-17-26(43)18-36-28(44)19-38-9-11-39(20-29(45)46)13-15-41(22-31(49)50)16-14-40(12-10-38)21-30(47)48;/h4-7,23,27,35,53-54H,2-3,8-22H2,1H3,(H,36,44)(H,37,51)(H,45,46)(H,47,48)(H,49,50);/q;+3/p-3/t23-,27+;/m1./s1. The summed E-state index contributed by atoms with van der Waals surface area (Å²) in [6, 6.07) is 5.41. The summed E-state index contributed by atoms with van der Waals surface area (Å²) in [5.41, 5.74) is 0.842. The van der Waals surface area contributed by atoms with E-state index >= 15 is 0 Å². The van der Waals surface area contributed by atoms with Crippen LogP contribution in [0.15, 0.2) is 24.3 Å². The topological polar surface area (TPSA) is 240 Å². The van der Waals surface area contributed by atoms with Gasteiger partial charge in [-0.3, -0.25) is 14.4 Å². The molecule has 4 atom stereocenters. The number of rotatable bonds is 11. The van der Waals surface area contributed by atoms with Crippen LogP contribution >= 0.6 is 0 Å². The van der Waals surface area contributed by atoms with Gasteiger partial charge in [0.15, 0.2) is 0 Å². The van der Waals surface area contributed by atoms with Crippen LogP contribution in [0.1, 0.15) is 30.1 Å². The molecule has 0 radical (unpaired) electrons. The molecule has 20 nitrogen and oxygen atoms in total. The average molecular weight is 829 g/mol. The molecule has 1 aromatic rings. The number of anilines is 1. The first kappa shape index (κ1) is 42.1. The first-order valence-corrected chi connectivity index (χ1v) is 21.4. The predicted molar refractivity (Wildman–Crippen MR) is 195 cm³/mol. The number of hydrogen-bond acceptors (Lipinski definition) is 17. The van der Waals surface area contributed by atoms with E-state index in [4.69, 9.17) is 10.6 Å². The zero-order valence-corrected chi connectivity index (χ0v) is 33.3. The molecule has 4 saturated heterocycles. The number of hydrogen-bond donors (Lipinski definition) is 5. The Kier molecular flexibility index (Phi) is 15.5. The third-order valence-corrected chi connectivity index (χ3v) is 12.7. The van der Waals surface area contributed by atoms with Gasteiger partial charge >= 0.3 is 194 Å². The number of nitrogens with zero attached hydrogens (tertiary/aromatic N) is 5. The van der Waals surface area contributed by atoms with Crippen molar-refractivity contribution in [2.45, 2.75) is 31.7 Å². The zero-order chi connectivity index (χ0) is 39.5. The van der Waals surface area contributed by atoms with Crippen LogP contribution in [0.25, 0.3) is 0 Å². The molecular weight excluding hydrogens is 781 g/mol. The minimum atomic E-state index is -3.96. The largest absolute Gasteiger partial charge is 0.475 e. The van der Waals surface area contributed by atoms with Crippen LogP contribution < -0.4 is 16.0 Å². The second kappa shape index (κ2) is 20.2. The van der Waals surface area contributed by atoms with Crippen molar-refractivity contribution in [1.29, 1.82) is 0 Å². The fourth-order valence-corrected chi connectivity index (χ4v) is 8.81. The Morgan fingerprint density at radius 2 is 1.33 bits per heavy atom. The van der Waals surface area contributed by atoms with Gasteiger partial charge in [-0.1, -0.05) is 0 Å². The minimum absolute atomic E-state index is 0.0191. The van der Waals surface area contributed by atoms with E-state index in [1.165, 1.54) is 24.0 Å². The number of carbonyl (C=O) groups is 7. The number of benzene rings is 1. The fraction of sp³-hybridized carbons (Fsp3) is 0.606. The summed E-state index contributed by atoms with van der Waals surface area (Å²) in [5, 5.41) is 27.4. The van der Waals surface area contributed by atoms with Crippen molar-refractivity contribution in [3.05, 3.63) is 29.8 Å². The fourth-order valence-electron chi connectivity index (χ4n) is 6.69. The summed E-state index contributed by atoms with van der Waals surface area (Å²) in [6.07, 6.45) is 1.11. The molecule has 5 N–H and O–H groups in total. The molecule has 55 heavy (non-hydrogen) atoms. The van der Waals surface area contributed by atoms with Crippen LogP contribution in [0.5, 0.6) is 0 Å². The molecule has 4 bridgehead atoms. The molecule has 0 aromatic heterocycles. The molecule has 4 heterocycles. The van der Waals surface area contributed by atoms with Crippen LogP contribution in [0.2, 0.25) is 0 Å². The van der Waals surface area contributed by atoms with Gasteiger partial charge in [0.2, 0.25) is 5.91 Å². The van der Waals surface area contributed by atoms with E-state index < -0.39 is 66.1 Å². The smallest absolute Gasteiger partial charge is 0.426 e. The van der Waals surface area contributed by atoms with E-state index in [9.17, 15) is 43.6 Å². The first-order valence-electron chi connectivity index (χ1n) is 18.4. The maximum Gasteiger partial charge on any atom is 0.475 e. The average Bonchev–Trinajstić information content (AvgIpc) is 3.63. The Hall–Kier alpha value is -4.03. The second-order valence-corrected chi connectivity index (χ2v) is 16.7. The molecule has 22 heteroatoms. The number of likely N-dealkylation sites (tertiary alicyclic amines) is 1. The summed E-state index contributed by atoms with van der Waals surface area (Å²) in [5.74, 6) is -4.16. The Morgan fingerprint density at radius 3 is 1.85 bits per heavy atom. The molecule has 5 rings (SSSR count). The molecular formula is C33H48BGaN8O12. The van der Waals surface area contributed by atoms with Crippen LogP contribution in [0.4, 0.5) is 5.69 Å². The zero-order valence-electron chi connectivity index (χ0n) is 30.9. The van der Waals surface area contributed by atoms with Gasteiger partial charge in [0.05, 0.1) is 12.5 Å². The van der Waals surface area contributed by atoms with E-state index in [-0.39, 0.29) is 56.5 Å². The van der Waals surface area contributed by atoms with Crippen LogP contribution in [-0.4, -0.2) is 211 Å². The number of carbonyl (C=O) groups excluding carboxylic acids is 7. The molecule has 3 amide bonds.